The Hall–Kier alpha value is -0.114. The molecular formula is C20H22Ge2S4. The van der Waals surface area contributed by atoms with Crippen LogP contribution in [0.15, 0.2) is 59.3 Å². The van der Waals surface area contributed by atoms with Crippen molar-refractivity contribution < 1.29 is 0 Å². The van der Waals surface area contributed by atoms with E-state index in [0.29, 0.717) is 0 Å². The first-order chi connectivity index (χ1) is 12.5. The van der Waals surface area contributed by atoms with Crippen LogP contribution < -0.4 is 7.42 Å². The molecule has 0 aliphatic rings. The van der Waals surface area contributed by atoms with Gasteiger partial charge in [-0.1, -0.05) is 0 Å². The van der Waals surface area contributed by atoms with Crippen LogP contribution in [0.2, 0.25) is 23.0 Å². The molecule has 4 heterocycles. The van der Waals surface area contributed by atoms with E-state index in [1.54, 1.807) is 7.42 Å². The van der Waals surface area contributed by atoms with Gasteiger partial charge in [0, 0.05) is 0 Å². The van der Waals surface area contributed by atoms with Crippen molar-refractivity contribution in [3.63, 3.8) is 0 Å². The van der Waals surface area contributed by atoms with Gasteiger partial charge in [-0.25, -0.2) is 0 Å². The Morgan fingerprint density at radius 2 is 0.962 bits per heavy atom. The van der Waals surface area contributed by atoms with Gasteiger partial charge in [0.2, 0.25) is 0 Å². The Labute approximate surface area is 181 Å². The van der Waals surface area contributed by atoms with Crippen LogP contribution in [0.1, 0.15) is 0 Å². The molecule has 0 unspecified atom stereocenters. The van der Waals surface area contributed by atoms with Crippen LogP contribution in [0.3, 0.4) is 0 Å². The van der Waals surface area contributed by atoms with E-state index in [9.17, 15) is 0 Å². The van der Waals surface area contributed by atoms with Crippen molar-refractivity contribution in [2.24, 2.45) is 0 Å². The van der Waals surface area contributed by atoms with E-state index in [2.05, 4.69) is 82.3 Å². The van der Waals surface area contributed by atoms with Gasteiger partial charge in [-0.2, -0.15) is 0 Å². The Morgan fingerprint density at radius 3 is 1.23 bits per heavy atom. The van der Waals surface area contributed by atoms with Crippen molar-refractivity contribution in [1.29, 1.82) is 0 Å². The second-order valence-electron chi connectivity index (χ2n) is 6.28. The topological polar surface area (TPSA) is 0 Å². The third kappa shape index (κ3) is 5.46. The van der Waals surface area contributed by atoms with E-state index in [4.69, 9.17) is 0 Å². The number of thiophene rings is 4. The molecule has 4 aromatic rings. The first-order valence-electron chi connectivity index (χ1n) is 8.43. The molecule has 0 aliphatic carbocycles. The second kappa shape index (κ2) is 9.89. The van der Waals surface area contributed by atoms with E-state index in [-0.39, 0.29) is 0 Å². The predicted molar refractivity (Wildman–Crippen MR) is 129 cm³/mol. The molecule has 0 saturated heterocycles. The van der Waals surface area contributed by atoms with Crippen LogP contribution >= 0.6 is 45.3 Å². The normalized spacial score (nSPS) is 11.0. The van der Waals surface area contributed by atoms with Crippen molar-refractivity contribution in [2.45, 2.75) is 23.0 Å². The molecule has 0 atom stereocenters. The van der Waals surface area contributed by atoms with Crippen molar-refractivity contribution in [3.8, 4) is 19.5 Å². The summed E-state index contributed by atoms with van der Waals surface area (Å²) >= 11 is 5.95. The Bertz CT molecular complexity index is 823. The third-order valence-corrected chi connectivity index (χ3v) is 18.0. The van der Waals surface area contributed by atoms with Gasteiger partial charge >= 0.3 is 183 Å². The first kappa shape index (κ1) is 20.6. The second-order valence-corrected chi connectivity index (χ2v) is 22.5. The fourth-order valence-corrected chi connectivity index (χ4v) is 11.6. The molecule has 0 N–H and O–H groups in total. The third-order valence-electron chi connectivity index (χ3n) is 3.73. The standard InChI is InChI=1S/2C10H11GeS2/c2*1-11(2)10-6-5-9(13-10)8-4-3-7-12-8/h2*3-7H,1-2H3. The molecule has 4 rings (SSSR count). The van der Waals surface area contributed by atoms with Crippen molar-refractivity contribution in [2.75, 3.05) is 0 Å². The molecule has 4 aromatic heterocycles. The molecule has 0 nitrogen and oxygen atoms in total. The van der Waals surface area contributed by atoms with E-state index in [0.717, 1.165) is 0 Å². The van der Waals surface area contributed by atoms with Crippen molar-refractivity contribution >= 4 is 81.5 Å². The minimum atomic E-state index is -0.837. The summed E-state index contributed by atoms with van der Waals surface area (Å²) < 4.78 is 3.28. The van der Waals surface area contributed by atoms with E-state index < -0.39 is 28.7 Å². The van der Waals surface area contributed by atoms with Crippen LogP contribution in [-0.2, 0) is 0 Å². The van der Waals surface area contributed by atoms with Crippen LogP contribution in [0, 0.1) is 0 Å². The molecule has 2 radical (unpaired) electrons. The SMILES string of the molecule is [CH3][Ge]([CH3])[c]1ccc(-c2cccs2)s1.[CH3][Ge]([CH3])[c]1ccc(-c2cccs2)s1. The van der Waals surface area contributed by atoms with Crippen LogP contribution in [0.5, 0.6) is 0 Å². The first-order valence-corrected chi connectivity index (χ1v) is 22.3. The van der Waals surface area contributed by atoms with Gasteiger partial charge in [0.1, 0.15) is 0 Å². The molecular weight excluding hydrogens is 514 g/mol. The summed E-state index contributed by atoms with van der Waals surface area (Å²) in [6, 6.07) is 17.8. The number of hydrogen-bond acceptors (Lipinski definition) is 4. The maximum atomic E-state index is 2.41. The zero-order valence-corrected chi connectivity index (χ0v) is 22.9. The van der Waals surface area contributed by atoms with Gasteiger partial charge < -0.3 is 0 Å². The van der Waals surface area contributed by atoms with Gasteiger partial charge in [-0.3, -0.25) is 0 Å². The summed E-state index contributed by atoms with van der Waals surface area (Å²) in [5.74, 6) is 9.63. The van der Waals surface area contributed by atoms with E-state index >= 15 is 0 Å². The quantitative estimate of drug-likeness (QED) is 0.250. The predicted octanol–water partition coefficient (Wildman–Crippen LogP) is 6.88. The summed E-state index contributed by atoms with van der Waals surface area (Å²) in [5.41, 5.74) is 0. The Balaban J connectivity index is 0.000000151. The molecule has 0 spiro atoms. The fraction of sp³-hybridized carbons (Fsp3) is 0.200. The van der Waals surface area contributed by atoms with Crippen LogP contribution in [0.4, 0.5) is 0 Å². The zero-order valence-electron chi connectivity index (χ0n) is 15.4. The fourth-order valence-electron chi connectivity index (χ4n) is 2.32. The van der Waals surface area contributed by atoms with E-state index in [1.165, 1.54) is 19.5 Å². The summed E-state index contributed by atoms with van der Waals surface area (Å²) in [6.45, 7) is 0. The maximum absolute atomic E-state index is 2.41. The summed E-state index contributed by atoms with van der Waals surface area (Å²) in [4.78, 5) is 5.71. The number of hydrogen-bond donors (Lipinski definition) is 0. The zero-order chi connectivity index (χ0) is 18.5. The Morgan fingerprint density at radius 1 is 0.538 bits per heavy atom. The molecule has 26 heavy (non-hydrogen) atoms. The van der Waals surface area contributed by atoms with Gasteiger partial charge in [-0.15, -0.1) is 0 Å². The van der Waals surface area contributed by atoms with Crippen molar-refractivity contribution in [3.05, 3.63) is 59.3 Å². The Kier molecular flexibility index (Phi) is 7.84. The van der Waals surface area contributed by atoms with Crippen molar-refractivity contribution in [1.82, 2.24) is 0 Å². The molecule has 134 valence electrons. The van der Waals surface area contributed by atoms with Gasteiger partial charge in [0.05, 0.1) is 0 Å². The molecule has 0 saturated carbocycles. The monoisotopic (exact) mass is 538 g/mol. The van der Waals surface area contributed by atoms with Gasteiger partial charge in [0.15, 0.2) is 0 Å². The summed E-state index contributed by atoms with van der Waals surface area (Å²) in [6.07, 6.45) is 0. The minimum absolute atomic E-state index is 0.837. The van der Waals surface area contributed by atoms with Gasteiger partial charge in [-0.05, 0) is 0 Å². The number of rotatable bonds is 4. The summed E-state index contributed by atoms with van der Waals surface area (Å²) in [7, 11) is 0. The molecule has 0 aromatic carbocycles. The summed E-state index contributed by atoms with van der Waals surface area (Å²) in [5, 5.41) is 4.29. The average Bonchev–Trinajstić information content (AvgIpc) is 3.44. The van der Waals surface area contributed by atoms with Crippen LogP contribution in [-0.4, -0.2) is 28.7 Å². The van der Waals surface area contributed by atoms with Crippen LogP contribution in [0.25, 0.3) is 19.5 Å². The van der Waals surface area contributed by atoms with Gasteiger partial charge in [0.25, 0.3) is 0 Å². The average molecular weight is 536 g/mol. The molecule has 0 amide bonds. The van der Waals surface area contributed by atoms with E-state index in [1.807, 2.05) is 45.3 Å². The molecule has 0 bridgehead atoms. The molecule has 6 heteroatoms. The molecule has 0 aliphatic heterocycles. The molecule has 0 fully saturated rings.